The predicted octanol–water partition coefficient (Wildman–Crippen LogP) is 4.12. The Morgan fingerprint density at radius 2 is 1.95 bits per heavy atom. The van der Waals surface area contributed by atoms with Crippen LogP contribution < -0.4 is 0 Å². The zero-order valence-electron chi connectivity index (χ0n) is 10.6. The third-order valence-corrected chi connectivity index (χ3v) is 3.48. The molecule has 96 valence electrons. The van der Waals surface area contributed by atoms with Crippen molar-refractivity contribution >= 4 is 23.1 Å². The zero-order valence-corrected chi connectivity index (χ0v) is 11.3. The first kappa shape index (κ1) is 12.4. The number of halogens is 1. The lowest BCUT2D eigenvalue weighted by Crippen LogP contribution is -2.18. The number of allylic oxidation sites excluding steroid dienone is 2. The van der Waals surface area contributed by atoms with Gasteiger partial charge in [0.15, 0.2) is 5.84 Å². The van der Waals surface area contributed by atoms with Crippen molar-refractivity contribution in [1.29, 1.82) is 0 Å². The summed E-state index contributed by atoms with van der Waals surface area (Å²) in [4.78, 5) is 9.15. The number of alkyl halides is 1. The van der Waals surface area contributed by atoms with Crippen LogP contribution in [-0.4, -0.2) is 17.0 Å². The largest absolute Gasteiger partial charge is 0.246 e. The number of rotatable bonds is 2. The van der Waals surface area contributed by atoms with Gasteiger partial charge in [-0.25, -0.2) is 9.98 Å². The van der Waals surface area contributed by atoms with Gasteiger partial charge >= 0.3 is 0 Å². The molecule has 2 nitrogen and oxygen atoms in total. The lowest BCUT2D eigenvalue weighted by molar-refractivity contribution is 0.928. The highest BCUT2D eigenvalue weighted by Gasteiger charge is 2.19. The van der Waals surface area contributed by atoms with Crippen LogP contribution in [0.1, 0.15) is 24.8 Å². The third kappa shape index (κ3) is 2.85. The Bertz CT molecular complexity index is 582. The first-order valence-corrected chi connectivity index (χ1v) is 6.98. The van der Waals surface area contributed by atoms with E-state index in [0.717, 1.165) is 35.5 Å². The molecule has 1 unspecified atom stereocenters. The van der Waals surface area contributed by atoms with Crippen LogP contribution in [-0.2, 0) is 0 Å². The molecule has 19 heavy (non-hydrogen) atoms. The number of benzene rings is 1. The molecule has 0 spiro atoms. The van der Waals surface area contributed by atoms with E-state index in [1.54, 1.807) is 0 Å². The monoisotopic (exact) mass is 270 g/mol. The van der Waals surface area contributed by atoms with Crippen molar-refractivity contribution in [2.24, 2.45) is 9.98 Å². The van der Waals surface area contributed by atoms with Crippen LogP contribution >= 0.6 is 11.6 Å². The minimum absolute atomic E-state index is 0.223. The number of aliphatic imine (C=N–C) groups is 2. The van der Waals surface area contributed by atoms with Gasteiger partial charge in [-0.2, -0.15) is 0 Å². The lowest BCUT2D eigenvalue weighted by atomic mass is 10.0. The second-order valence-corrected chi connectivity index (χ2v) is 5.16. The molecule has 1 aromatic rings. The second kappa shape index (κ2) is 5.54. The molecule has 0 aromatic heterocycles. The van der Waals surface area contributed by atoms with E-state index < -0.39 is 0 Å². The number of amidine groups is 1. The molecule has 0 N–H and O–H groups in total. The van der Waals surface area contributed by atoms with Gasteiger partial charge in [-0.3, -0.25) is 0 Å². The summed E-state index contributed by atoms with van der Waals surface area (Å²) >= 11 is 6.26. The molecule has 0 saturated heterocycles. The summed E-state index contributed by atoms with van der Waals surface area (Å²) in [5, 5.41) is 0. The standard InChI is InChI=1S/C16H15ClN2/c17-15-11-14(12-7-3-1-4-8-12)18-16(19-15)13-9-5-2-6-10-13/h1,3-5,7-10,15H,2,6,11H2. The molecule has 0 saturated carbocycles. The molecular weight excluding hydrogens is 256 g/mol. The maximum Gasteiger partial charge on any atom is 0.155 e. The van der Waals surface area contributed by atoms with Crippen LogP contribution in [0.3, 0.4) is 0 Å². The third-order valence-electron chi connectivity index (χ3n) is 3.23. The van der Waals surface area contributed by atoms with Crippen molar-refractivity contribution in [3.05, 3.63) is 59.7 Å². The fourth-order valence-corrected chi connectivity index (χ4v) is 2.51. The van der Waals surface area contributed by atoms with E-state index >= 15 is 0 Å². The molecule has 0 bridgehead atoms. The Morgan fingerprint density at radius 1 is 1.11 bits per heavy atom. The van der Waals surface area contributed by atoms with Gasteiger partial charge in [0.2, 0.25) is 0 Å². The van der Waals surface area contributed by atoms with Gasteiger partial charge in [-0.05, 0) is 18.4 Å². The van der Waals surface area contributed by atoms with Crippen LogP contribution in [0.5, 0.6) is 0 Å². The summed E-state index contributed by atoms with van der Waals surface area (Å²) in [6.07, 6.45) is 9.26. The molecule has 3 rings (SSSR count). The van der Waals surface area contributed by atoms with Gasteiger partial charge in [0, 0.05) is 12.0 Å². The van der Waals surface area contributed by atoms with Crippen molar-refractivity contribution < 1.29 is 0 Å². The fraction of sp³-hybridized carbons (Fsp3) is 0.250. The van der Waals surface area contributed by atoms with E-state index in [1.165, 1.54) is 0 Å². The Labute approximate surface area is 118 Å². The van der Waals surface area contributed by atoms with Gasteiger partial charge in [0.25, 0.3) is 0 Å². The van der Waals surface area contributed by atoms with Crippen LogP contribution in [0.15, 0.2) is 64.1 Å². The number of nitrogens with zero attached hydrogens (tertiary/aromatic N) is 2. The molecule has 1 aliphatic heterocycles. The summed E-state index contributed by atoms with van der Waals surface area (Å²) in [6.45, 7) is 0. The van der Waals surface area contributed by atoms with Gasteiger partial charge < -0.3 is 0 Å². The van der Waals surface area contributed by atoms with E-state index in [-0.39, 0.29) is 5.50 Å². The molecule has 1 atom stereocenters. The van der Waals surface area contributed by atoms with E-state index in [2.05, 4.69) is 40.3 Å². The van der Waals surface area contributed by atoms with Crippen LogP contribution in [0.2, 0.25) is 0 Å². The molecule has 1 aromatic carbocycles. The minimum Gasteiger partial charge on any atom is -0.246 e. The van der Waals surface area contributed by atoms with Crippen molar-refractivity contribution in [1.82, 2.24) is 0 Å². The quantitative estimate of drug-likeness (QED) is 0.570. The average molecular weight is 271 g/mol. The second-order valence-electron chi connectivity index (χ2n) is 4.66. The Balaban J connectivity index is 1.95. The molecule has 1 aliphatic carbocycles. The van der Waals surface area contributed by atoms with Gasteiger partial charge in [0.05, 0.1) is 5.71 Å². The molecular formula is C16H15ClN2. The van der Waals surface area contributed by atoms with E-state index in [1.807, 2.05) is 18.2 Å². The summed E-state index contributed by atoms with van der Waals surface area (Å²) in [5.74, 6) is 0.765. The van der Waals surface area contributed by atoms with Crippen molar-refractivity contribution in [2.75, 3.05) is 0 Å². The number of hydrogen-bond donors (Lipinski definition) is 0. The van der Waals surface area contributed by atoms with E-state index in [9.17, 15) is 0 Å². The SMILES string of the molecule is ClC1CC(c2ccccc2)=NC(C2=CCCC=C2)=N1. The summed E-state index contributed by atoms with van der Waals surface area (Å²) < 4.78 is 0. The average Bonchev–Trinajstić information content (AvgIpc) is 2.48. The van der Waals surface area contributed by atoms with Gasteiger partial charge in [-0.1, -0.05) is 60.2 Å². The van der Waals surface area contributed by atoms with Crippen LogP contribution in [0, 0.1) is 0 Å². The van der Waals surface area contributed by atoms with Crippen LogP contribution in [0.25, 0.3) is 0 Å². The van der Waals surface area contributed by atoms with Crippen LogP contribution in [0.4, 0.5) is 0 Å². The molecule has 1 heterocycles. The highest BCUT2D eigenvalue weighted by atomic mass is 35.5. The minimum atomic E-state index is -0.223. The van der Waals surface area contributed by atoms with Crippen molar-refractivity contribution in [3.8, 4) is 0 Å². The molecule has 2 aliphatic rings. The van der Waals surface area contributed by atoms with Crippen molar-refractivity contribution in [3.63, 3.8) is 0 Å². The molecule has 0 radical (unpaired) electrons. The highest BCUT2D eigenvalue weighted by molar-refractivity contribution is 6.26. The Morgan fingerprint density at radius 3 is 2.68 bits per heavy atom. The maximum absolute atomic E-state index is 6.26. The smallest absolute Gasteiger partial charge is 0.155 e. The Kier molecular flexibility index (Phi) is 3.60. The zero-order chi connectivity index (χ0) is 13.1. The topological polar surface area (TPSA) is 24.7 Å². The molecule has 3 heteroatoms. The summed E-state index contributed by atoms with van der Waals surface area (Å²) in [7, 11) is 0. The highest BCUT2D eigenvalue weighted by Crippen LogP contribution is 2.21. The molecule has 0 fully saturated rings. The fourth-order valence-electron chi connectivity index (χ4n) is 2.27. The van der Waals surface area contributed by atoms with E-state index in [4.69, 9.17) is 11.6 Å². The Hall–Kier alpha value is -1.67. The maximum atomic E-state index is 6.26. The van der Waals surface area contributed by atoms with Crippen molar-refractivity contribution in [2.45, 2.75) is 24.8 Å². The number of hydrogen-bond acceptors (Lipinski definition) is 2. The summed E-state index contributed by atoms with van der Waals surface area (Å²) in [6, 6.07) is 10.2. The first-order chi connectivity index (χ1) is 9.33. The van der Waals surface area contributed by atoms with E-state index in [0.29, 0.717) is 6.42 Å². The lowest BCUT2D eigenvalue weighted by Gasteiger charge is -2.17. The van der Waals surface area contributed by atoms with Gasteiger partial charge in [0.1, 0.15) is 5.50 Å². The first-order valence-electron chi connectivity index (χ1n) is 6.55. The predicted molar refractivity (Wildman–Crippen MR) is 81.1 cm³/mol. The normalized spacial score (nSPS) is 22.6. The van der Waals surface area contributed by atoms with Gasteiger partial charge in [-0.15, -0.1) is 0 Å². The molecule has 0 amide bonds. The summed E-state index contributed by atoms with van der Waals surface area (Å²) in [5.41, 5.74) is 3.01.